The van der Waals surface area contributed by atoms with E-state index in [9.17, 15) is 0 Å². The number of nitrogens with one attached hydrogen (secondary N) is 1. The Morgan fingerprint density at radius 3 is 2.70 bits per heavy atom. The molecule has 2 heteroatoms. The summed E-state index contributed by atoms with van der Waals surface area (Å²) in [6.45, 7) is 1.24. The fourth-order valence-corrected chi connectivity index (χ4v) is 2.80. The lowest BCUT2D eigenvalue weighted by atomic mass is 9.80. The first kappa shape index (κ1) is 6.99. The number of rotatable bonds is 1. The zero-order valence-corrected chi connectivity index (χ0v) is 7.12. The molecule has 1 aliphatic carbocycles. The van der Waals surface area contributed by atoms with E-state index >= 15 is 0 Å². The van der Waals surface area contributed by atoms with E-state index in [1.54, 1.807) is 0 Å². The molecule has 0 bridgehead atoms. The maximum Gasteiger partial charge on any atom is 0.0186 e. The summed E-state index contributed by atoms with van der Waals surface area (Å²) in [7, 11) is 0. The van der Waals surface area contributed by atoms with Crippen LogP contribution in [0.2, 0.25) is 0 Å². The average Bonchev–Trinajstić information content (AvgIpc) is 1.86. The number of hydrogen-bond acceptors (Lipinski definition) is 2. The van der Waals surface area contributed by atoms with Gasteiger partial charge in [0, 0.05) is 24.1 Å². The van der Waals surface area contributed by atoms with Crippen LogP contribution in [-0.2, 0) is 0 Å². The Labute approximate surface area is 67.0 Å². The molecule has 0 amide bonds. The van der Waals surface area contributed by atoms with E-state index in [1.165, 1.54) is 37.3 Å². The van der Waals surface area contributed by atoms with Crippen LogP contribution in [-0.4, -0.2) is 24.1 Å². The molecule has 1 N–H and O–H groups in total. The largest absolute Gasteiger partial charge is 0.312 e. The maximum absolute atomic E-state index is 3.60. The number of thioether (sulfide) groups is 1. The average molecular weight is 157 g/mol. The van der Waals surface area contributed by atoms with Gasteiger partial charge in [0.05, 0.1) is 0 Å². The predicted octanol–water partition coefficient (Wildman–Crippen LogP) is 1.49. The van der Waals surface area contributed by atoms with Gasteiger partial charge in [-0.1, -0.05) is 6.42 Å². The molecule has 0 radical (unpaired) electrons. The minimum absolute atomic E-state index is 0.868. The highest BCUT2D eigenvalue weighted by Crippen LogP contribution is 2.31. The van der Waals surface area contributed by atoms with Crippen molar-refractivity contribution >= 4 is 11.8 Å². The summed E-state index contributed by atoms with van der Waals surface area (Å²) in [6, 6.07) is 0.868. The van der Waals surface area contributed by atoms with Gasteiger partial charge in [-0.05, 0) is 18.8 Å². The smallest absolute Gasteiger partial charge is 0.0186 e. The van der Waals surface area contributed by atoms with Crippen molar-refractivity contribution in [3.8, 4) is 0 Å². The van der Waals surface area contributed by atoms with Crippen molar-refractivity contribution in [3.63, 3.8) is 0 Å². The van der Waals surface area contributed by atoms with Crippen LogP contribution in [0.5, 0.6) is 0 Å². The van der Waals surface area contributed by atoms with Gasteiger partial charge in [0.1, 0.15) is 0 Å². The van der Waals surface area contributed by atoms with Crippen molar-refractivity contribution in [1.29, 1.82) is 0 Å². The molecule has 1 saturated carbocycles. The predicted molar refractivity (Wildman–Crippen MR) is 46.5 cm³/mol. The third-order valence-electron chi connectivity index (χ3n) is 2.67. The first-order valence-corrected chi connectivity index (χ1v) is 5.43. The Kier molecular flexibility index (Phi) is 2.19. The van der Waals surface area contributed by atoms with Gasteiger partial charge in [0.2, 0.25) is 0 Å². The lowest BCUT2D eigenvalue weighted by Gasteiger charge is -2.36. The molecule has 2 rings (SSSR count). The molecule has 10 heavy (non-hydrogen) atoms. The summed E-state index contributed by atoms with van der Waals surface area (Å²) in [5.74, 6) is 3.72. The molecule has 2 aliphatic rings. The Hall–Kier alpha value is 0.310. The van der Waals surface area contributed by atoms with E-state index in [1.807, 2.05) is 0 Å². The Morgan fingerprint density at radius 1 is 1.30 bits per heavy atom. The standard InChI is InChI=1S/C8H15NS/c1-2-7(3-1)8-6-10-5-4-9-8/h7-9H,1-6H2/t8-/m1/s1. The summed E-state index contributed by atoms with van der Waals surface area (Å²) in [4.78, 5) is 0. The molecule has 0 unspecified atom stereocenters. The van der Waals surface area contributed by atoms with Crippen molar-refractivity contribution < 1.29 is 0 Å². The topological polar surface area (TPSA) is 12.0 Å². The molecule has 0 aromatic rings. The van der Waals surface area contributed by atoms with Crippen molar-refractivity contribution in [2.45, 2.75) is 25.3 Å². The zero-order chi connectivity index (χ0) is 6.81. The molecule has 0 spiro atoms. The molecular weight excluding hydrogens is 142 g/mol. The molecule has 1 heterocycles. The summed E-state index contributed by atoms with van der Waals surface area (Å²) in [5, 5.41) is 3.60. The molecule has 1 nitrogen and oxygen atoms in total. The van der Waals surface area contributed by atoms with Gasteiger partial charge in [0.15, 0.2) is 0 Å². The molecule has 1 saturated heterocycles. The van der Waals surface area contributed by atoms with Gasteiger partial charge < -0.3 is 5.32 Å². The van der Waals surface area contributed by atoms with Gasteiger partial charge >= 0.3 is 0 Å². The van der Waals surface area contributed by atoms with Gasteiger partial charge in [-0.2, -0.15) is 11.8 Å². The van der Waals surface area contributed by atoms with Gasteiger partial charge in [0.25, 0.3) is 0 Å². The van der Waals surface area contributed by atoms with Crippen LogP contribution in [0.4, 0.5) is 0 Å². The number of hydrogen-bond donors (Lipinski definition) is 1. The Morgan fingerprint density at radius 2 is 2.20 bits per heavy atom. The van der Waals surface area contributed by atoms with Crippen LogP contribution in [0.1, 0.15) is 19.3 Å². The van der Waals surface area contributed by atoms with Crippen LogP contribution < -0.4 is 5.32 Å². The first-order valence-electron chi connectivity index (χ1n) is 4.28. The van der Waals surface area contributed by atoms with Crippen LogP contribution in [0.25, 0.3) is 0 Å². The molecule has 1 aliphatic heterocycles. The quantitative estimate of drug-likeness (QED) is 0.619. The molecule has 0 aromatic heterocycles. The summed E-state index contributed by atoms with van der Waals surface area (Å²) >= 11 is 2.12. The monoisotopic (exact) mass is 157 g/mol. The molecule has 2 fully saturated rings. The van der Waals surface area contributed by atoms with Gasteiger partial charge in [-0.3, -0.25) is 0 Å². The molecule has 1 atom stereocenters. The van der Waals surface area contributed by atoms with E-state index in [2.05, 4.69) is 17.1 Å². The van der Waals surface area contributed by atoms with Gasteiger partial charge in [-0.25, -0.2) is 0 Å². The van der Waals surface area contributed by atoms with E-state index in [4.69, 9.17) is 0 Å². The lowest BCUT2D eigenvalue weighted by molar-refractivity contribution is 0.244. The third kappa shape index (κ3) is 1.32. The van der Waals surface area contributed by atoms with E-state index in [0.717, 1.165) is 12.0 Å². The summed E-state index contributed by atoms with van der Waals surface area (Å²) in [5.41, 5.74) is 0. The summed E-state index contributed by atoms with van der Waals surface area (Å²) in [6.07, 6.45) is 4.45. The minimum Gasteiger partial charge on any atom is -0.312 e. The zero-order valence-electron chi connectivity index (χ0n) is 6.31. The molecule has 0 aromatic carbocycles. The second kappa shape index (κ2) is 3.14. The summed E-state index contributed by atoms with van der Waals surface area (Å²) < 4.78 is 0. The highest BCUT2D eigenvalue weighted by molar-refractivity contribution is 7.99. The highest BCUT2D eigenvalue weighted by Gasteiger charge is 2.27. The fraction of sp³-hybridized carbons (Fsp3) is 1.00. The van der Waals surface area contributed by atoms with Crippen LogP contribution in [0, 0.1) is 5.92 Å². The fourth-order valence-electron chi connectivity index (χ4n) is 1.73. The SMILES string of the molecule is C1CC([C@H]2CSCCN2)C1. The lowest BCUT2D eigenvalue weighted by Crippen LogP contribution is -2.45. The third-order valence-corrected chi connectivity index (χ3v) is 3.76. The van der Waals surface area contributed by atoms with Crippen molar-refractivity contribution in [2.24, 2.45) is 5.92 Å². The molecular formula is C8H15NS. The first-order chi connectivity index (χ1) is 4.97. The Balaban J connectivity index is 1.78. The van der Waals surface area contributed by atoms with Crippen LogP contribution in [0.15, 0.2) is 0 Å². The van der Waals surface area contributed by atoms with Gasteiger partial charge in [-0.15, -0.1) is 0 Å². The second-order valence-electron chi connectivity index (χ2n) is 3.33. The minimum atomic E-state index is 0.868. The highest BCUT2D eigenvalue weighted by atomic mass is 32.2. The van der Waals surface area contributed by atoms with Crippen molar-refractivity contribution in [1.82, 2.24) is 5.32 Å². The second-order valence-corrected chi connectivity index (χ2v) is 4.48. The Bertz CT molecular complexity index is 106. The normalized spacial score (nSPS) is 35.4. The van der Waals surface area contributed by atoms with Crippen LogP contribution in [0.3, 0.4) is 0 Å². The van der Waals surface area contributed by atoms with Crippen molar-refractivity contribution in [3.05, 3.63) is 0 Å². The van der Waals surface area contributed by atoms with Crippen molar-refractivity contribution in [2.75, 3.05) is 18.1 Å². The molecule has 58 valence electrons. The van der Waals surface area contributed by atoms with E-state index < -0.39 is 0 Å². The van der Waals surface area contributed by atoms with E-state index in [0.29, 0.717) is 0 Å². The van der Waals surface area contributed by atoms with Crippen LogP contribution >= 0.6 is 11.8 Å². The van der Waals surface area contributed by atoms with E-state index in [-0.39, 0.29) is 0 Å². The maximum atomic E-state index is 3.60.